The molecule has 0 amide bonds. The van der Waals surface area contributed by atoms with E-state index in [0.29, 0.717) is 5.92 Å². The fraction of sp³-hybridized carbons (Fsp3) is 0.364. The standard InChI is InChI=1S/C22H29N5O/c1-16(17-8-10-18(28-3)11-9-17)12-14-24-22(23-2)25-15-13-21-26-19-6-4-5-7-20(19)27-21/h4-11,16H,12-15H2,1-3H3,(H,26,27)(H2,23,24,25). The monoisotopic (exact) mass is 379 g/mol. The molecule has 6 nitrogen and oxygen atoms in total. The first-order chi connectivity index (χ1) is 13.7. The third-order valence-corrected chi connectivity index (χ3v) is 4.87. The van der Waals surface area contributed by atoms with Crippen LogP contribution in [0, 0.1) is 0 Å². The second-order valence-electron chi connectivity index (χ2n) is 6.84. The Bertz CT molecular complexity index is 868. The van der Waals surface area contributed by atoms with Gasteiger partial charge in [-0.05, 0) is 42.2 Å². The molecule has 0 aliphatic carbocycles. The topological polar surface area (TPSA) is 74.3 Å². The fourth-order valence-electron chi connectivity index (χ4n) is 3.15. The first-order valence-electron chi connectivity index (χ1n) is 9.71. The number of guanidine groups is 1. The molecule has 6 heteroatoms. The number of hydrogen-bond acceptors (Lipinski definition) is 3. The summed E-state index contributed by atoms with van der Waals surface area (Å²) in [7, 11) is 3.48. The lowest BCUT2D eigenvalue weighted by Gasteiger charge is -2.15. The van der Waals surface area contributed by atoms with E-state index in [0.717, 1.165) is 54.5 Å². The minimum Gasteiger partial charge on any atom is -0.497 e. The van der Waals surface area contributed by atoms with Gasteiger partial charge in [0.05, 0.1) is 18.1 Å². The molecule has 0 radical (unpaired) electrons. The first-order valence-corrected chi connectivity index (χ1v) is 9.71. The van der Waals surface area contributed by atoms with Crippen LogP contribution in [0.5, 0.6) is 5.75 Å². The lowest BCUT2D eigenvalue weighted by atomic mass is 9.98. The number of para-hydroxylation sites is 2. The number of aliphatic imine (C=N–C) groups is 1. The van der Waals surface area contributed by atoms with Gasteiger partial charge in [-0.3, -0.25) is 4.99 Å². The molecule has 1 atom stereocenters. The van der Waals surface area contributed by atoms with E-state index in [9.17, 15) is 0 Å². The molecule has 1 aromatic heterocycles. The van der Waals surface area contributed by atoms with Crippen LogP contribution in [0.1, 0.15) is 30.7 Å². The highest BCUT2D eigenvalue weighted by molar-refractivity contribution is 5.79. The highest BCUT2D eigenvalue weighted by Crippen LogP contribution is 2.21. The molecule has 3 aromatic rings. The van der Waals surface area contributed by atoms with Crippen LogP contribution in [0.25, 0.3) is 11.0 Å². The van der Waals surface area contributed by atoms with E-state index in [1.807, 2.05) is 36.4 Å². The summed E-state index contributed by atoms with van der Waals surface area (Å²) in [6.45, 7) is 3.87. The smallest absolute Gasteiger partial charge is 0.190 e. The van der Waals surface area contributed by atoms with Gasteiger partial charge in [0.15, 0.2) is 5.96 Å². The summed E-state index contributed by atoms with van der Waals surface area (Å²) in [6.07, 6.45) is 1.84. The van der Waals surface area contributed by atoms with Crippen LogP contribution in [-0.2, 0) is 6.42 Å². The van der Waals surface area contributed by atoms with E-state index < -0.39 is 0 Å². The van der Waals surface area contributed by atoms with Gasteiger partial charge in [0, 0.05) is 26.6 Å². The number of aromatic nitrogens is 2. The van der Waals surface area contributed by atoms with Crippen molar-refractivity contribution in [2.75, 3.05) is 27.2 Å². The molecule has 0 bridgehead atoms. The summed E-state index contributed by atoms with van der Waals surface area (Å²) in [5, 5.41) is 6.74. The Morgan fingerprint density at radius 3 is 2.57 bits per heavy atom. The van der Waals surface area contributed by atoms with E-state index in [-0.39, 0.29) is 0 Å². The number of ether oxygens (including phenoxy) is 1. The SMILES string of the molecule is CN=C(NCCc1nc2ccccc2[nH]1)NCCC(C)c1ccc(OC)cc1. The number of aromatic amines is 1. The second-order valence-corrected chi connectivity index (χ2v) is 6.84. The van der Waals surface area contributed by atoms with Crippen molar-refractivity contribution in [2.24, 2.45) is 4.99 Å². The lowest BCUT2D eigenvalue weighted by Crippen LogP contribution is -2.39. The second kappa shape index (κ2) is 9.78. The fourth-order valence-corrected chi connectivity index (χ4v) is 3.15. The maximum absolute atomic E-state index is 5.22. The molecular formula is C22H29N5O. The lowest BCUT2D eigenvalue weighted by molar-refractivity contribution is 0.414. The highest BCUT2D eigenvalue weighted by atomic mass is 16.5. The van der Waals surface area contributed by atoms with Gasteiger partial charge >= 0.3 is 0 Å². The Morgan fingerprint density at radius 2 is 1.86 bits per heavy atom. The molecule has 148 valence electrons. The summed E-state index contributed by atoms with van der Waals surface area (Å²) in [5.41, 5.74) is 3.40. The van der Waals surface area contributed by atoms with Crippen molar-refractivity contribution in [3.63, 3.8) is 0 Å². The van der Waals surface area contributed by atoms with E-state index in [1.54, 1.807) is 14.2 Å². The van der Waals surface area contributed by atoms with Gasteiger partial charge in [-0.2, -0.15) is 0 Å². The molecule has 1 heterocycles. The number of benzene rings is 2. The summed E-state index contributed by atoms with van der Waals surface area (Å²) in [5.74, 6) is 3.16. The molecule has 0 saturated heterocycles. The van der Waals surface area contributed by atoms with Gasteiger partial charge in [0.2, 0.25) is 0 Å². The molecule has 0 aliphatic rings. The Labute approximate surface area is 166 Å². The predicted molar refractivity (Wildman–Crippen MR) is 115 cm³/mol. The van der Waals surface area contributed by atoms with Crippen molar-refractivity contribution in [1.29, 1.82) is 0 Å². The Balaban J connectivity index is 1.40. The van der Waals surface area contributed by atoms with Crippen LogP contribution in [0.2, 0.25) is 0 Å². The summed E-state index contributed by atoms with van der Waals surface area (Å²) in [6, 6.07) is 16.4. The number of nitrogens with zero attached hydrogens (tertiary/aromatic N) is 2. The van der Waals surface area contributed by atoms with Gasteiger partial charge in [-0.25, -0.2) is 4.98 Å². The molecule has 0 fully saturated rings. The molecule has 3 rings (SSSR count). The minimum absolute atomic E-state index is 0.465. The predicted octanol–water partition coefficient (Wildman–Crippen LogP) is 3.47. The van der Waals surface area contributed by atoms with Crippen molar-refractivity contribution in [3.05, 3.63) is 59.9 Å². The average Bonchev–Trinajstić information content (AvgIpc) is 3.15. The Morgan fingerprint density at radius 1 is 1.11 bits per heavy atom. The number of hydrogen-bond donors (Lipinski definition) is 3. The maximum Gasteiger partial charge on any atom is 0.190 e. The molecule has 0 spiro atoms. The van der Waals surface area contributed by atoms with Gasteiger partial charge in [-0.1, -0.05) is 31.2 Å². The number of nitrogens with one attached hydrogen (secondary N) is 3. The van der Waals surface area contributed by atoms with Gasteiger partial charge < -0.3 is 20.4 Å². The van der Waals surface area contributed by atoms with Crippen LogP contribution in [0.4, 0.5) is 0 Å². The third-order valence-electron chi connectivity index (χ3n) is 4.87. The number of methoxy groups -OCH3 is 1. The molecule has 0 saturated carbocycles. The van der Waals surface area contributed by atoms with Crippen molar-refractivity contribution in [3.8, 4) is 5.75 Å². The largest absolute Gasteiger partial charge is 0.497 e. The van der Waals surface area contributed by atoms with Crippen molar-refractivity contribution in [2.45, 2.75) is 25.7 Å². The summed E-state index contributed by atoms with van der Waals surface area (Å²) < 4.78 is 5.22. The Hall–Kier alpha value is -3.02. The van der Waals surface area contributed by atoms with Gasteiger partial charge in [0.1, 0.15) is 11.6 Å². The zero-order valence-electron chi connectivity index (χ0n) is 16.8. The number of H-pyrrole nitrogens is 1. The van der Waals surface area contributed by atoms with E-state index >= 15 is 0 Å². The van der Waals surface area contributed by atoms with Crippen LogP contribution in [0.3, 0.4) is 0 Å². The normalized spacial score (nSPS) is 12.8. The van der Waals surface area contributed by atoms with Crippen molar-refractivity contribution in [1.82, 2.24) is 20.6 Å². The minimum atomic E-state index is 0.465. The zero-order valence-corrected chi connectivity index (χ0v) is 16.8. The van der Waals surface area contributed by atoms with Crippen LogP contribution < -0.4 is 15.4 Å². The first kappa shape index (κ1) is 19.7. The summed E-state index contributed by atoms with van der Waals surface area (Å²) in [4.78, 5) is 12.3. The van der Waals surface area contributed by atoms with E-state index in [4.69, 9.17) is 4.74 Å². The molecule has 28 heavy (non-hydrogen) atoms. The highest BCUT2D eigenvalue weighted by Gasteiger charge is 2.07. The molecular weight excluding hydrogens is 350 g/mol. The van der Waals surface area contributed by atoms with Gasteiger partial charge in [-0.15, -0.1) is 0 Å². The molecule has 3 N–H and O–H groups in total. The summed E-state index contributed by atoms with van der Waals surface area (Å²) >= 11 is 0. The number of imidazole rings is 1. The van der Waals surface area contributed by atoms with Crippen LogP contribution in [0.15, 0.2) is 53.5 Å². The van der Waals surface area contributed by atoms with Crippen molar-refractivity contribution < 1.29 is 4.74 Å². The van der Waals surface area contributed by atoms with Crippen LogP contribution >= 0.6 is 0 Å². The Kier molecular flexibility index (Phi) is 6.89. The third kappa shape index (κ3) is 5.25. The number of rotatable bonds is 8. The molecule has 0 aliphatic heterocycles. The molecule has 1 unspecified atom stereocenters. The average molecular weight is 380 g/mol. The van der Waals surface area contributed by atoms with Crippen LogP contribution in [-0.4, -0.2) is 43.2 Å². The van der Waals surface area contributed by atoms with Gasteiger partial charge in [0.25, 0.3) is 0 Å². The quantitative estimate of drug-likeness (QED) is 0.414. The maximum atomic E-state index is 5.22. The number of fused-ring (bicyclic) bond motifs is 1. The molecule has 2 aromatic carbocycles. The van der Waals surface area contributed by atoms with E-state index in [1.165, 1.54) is 5.56 Å². The van der Waals surface area contributed by atoms with Crippen molar-refractivity contribution >= 4 is 17.0 Å². The zero-order chi connectivity index (χ0) is 19.8. The van der Waals surface area contributed by atoms with E-state index in [2.05, 4.69) is 44.7 Å².